The van der Waals surface area contributed by atoms with Crippen molar-refractivity contribution in [3.63, 3.8) is 0 Å². The molecule has 1 N–H and O–H groups in total. The van der Waals surface area contributed by atoms with Crippen LogP contribution in [-0.4, -0.2) is 51.4 Å². The van der Waals surface area contributed by atoms with E-state index >= 15 is 0 Å². The van der Waals surface area contributed by atoms with Gasteiger partial charge in [-0.2, -0.15) is 0 Å². The molecule has 3 fully saturated rings. The summed E-state index contributed by atoms with van der Waals surface area (Å²) in [5.41, 5.74) is 0. The van der Waals surface area contributed by atoms with Crippen LogP contribution in [-0.2, 0) is 0 Å². The largest absolute Gasteiger partial charge is 0.335 e. The van der Waals surface area contributed by atoms with E-state index in [2.05, 4.69) is 31.5 Å². The summed E-state index contributed by atoms with van der Waals surface area (Å²) in [6, 6.07) is 1.79. The standard InChI is InChI=1S/C15H25N5S/c1-11-9-18-8-4-7-13(18)10-19(11)14-16-17-15(21)20(14)12-5-2-3-6-12/h11-13H,2-10H2,1H3,(H,17,21). The van der Waals surface area contributed by atoms with Crippen molar-refractivity contribution >= 4 is 18.2 Å². The molecule has 0 aromatic carbocycles. The molecule has 0 amide bonds. The van der Waals surface area contributed by atoms with Crippen molar-refractivity contribution in [2.24, 2.45) is 0 Å². The molecule has 21 heavy (non-hydrogen) atoms. The van der Waals surface area contributed by atoms with Gasteiger partial charge in [0.25, 0.3) is 0 Å². The summed E-state index contributed by atoms with van der Waals surface area (Å²) in [5, 5.41) is 7.65. The fraction of sp³-hybridized carbons (Fsp3) is 0.867. The molecule has 2 saturated heterocycles. The molecule has 6 heteroatoms. The Morgan fingerprint density at radius 1 is 1.10 bits per heavy atom. The van der Waals surface area contributed by atoms with Crippen molar-refractivity contribution in [2.75, 3.05) is 24.5 Å². The molecule has 0 bridgehead atoms. The van der Waals surface area contributed by atoms with Crippen molar-refractivity contribution < 1.29 is 0 Å². The predicted octanol–water partition coefficient (Wildman–Crippen LogP) is 2.73. The van der Waals surface area contributed by atoms with Gasteiger partial charge in [-0.05, 0) is 51.4 Å². The highest BCUT2D eigenvalue weighted by Crippen LogP contribution is 2.34. The summed E-state index contributed by atoms with van der Waals surface area (Å²) in [5.74, 6) is 1.09. The van der Waals surface area contributed by atoms with Gasteiger partial charge in [-0.25, -0.2) is 5.10 Å². The predicted molar refractivity (Wildman–Crippen MR) is 86.3 cm³/mol. The van der Waals surface area contributed by atoms with Gasteiger partial charge >= 0.3 is 0 Å². The van der Waals surface area contributed by atoms with Gasteiger partial charge in [-0.15, -0.1) is 5.10 Å². The van der Waals surface area contributed by atoms with E-state index in [-0.39, 0.29) is 0 Å². The summed E-state index contributed by atoms with van der Waals surface area (Å²) >= 11 is 5.52. The number of rotatable bonds is 2. The van der Waals surface area contributed by atoms with E-state index in [0.29, 0.717) is 18.1 Å². The van der Waals surface area contributed by atoms with Gasteiger partial charge in [0.1, 0.15) is 0 Å². The highest BCUT2D eigenvalue weighted by molar-refractivity contribution is 7.71. The van der Waals surface area contributed by atoms with Gasteiger partial charge < -0.3 is 4.90 Å². The number of aromatic amines is 1. The summed E-state index contributed by atoms with van der Waals surface area (Å²) in [6.07, 6.45) is 7.82. The third-order valence-corrected chi connectivity index (χ3v) is 5.86. The van der Waals surface area contributed by atoms with E-state index in [9.17, 15) is 0 Å². The van der Waals surface area contributed by atoms with Gasteiger partial charge in [0.05, 0.1) is 0 Å². The molecule has 3 aliphatic rings. The maximum atomic E-state index is 5.52. The second kappa shape index (κ2) is 5.39. The minimum atomic E-state index is 0.518. The number of H-pyrrole nitrogens is 1. The molecule has 2 aliphatic heterocycles. The van der Waals surface area contributed by atoms with Gasteiger partial charge in [-0.1, -0.05) is 12.8 Å². The molecule has 116 valence electrons. The van der Waals surface area contributed by atoms with E-state index in [1.165, 1.54) is 45.1 Å². The first-order chi connectivity index (χ1) is 10.2. The van der Waals surface area contributed by atoms with Crippen LogP contribution in [0.3, 0.4) is 0 Å². The number of nitrogens with one attached hydrogen (secondary N) is 1. The maximum absolute atomic E-state index is 5.52. The van der Waals surface area contributed by atoms with Crippen molar-refractivity contribution in [3.05, 3.63) is 4.77 Å². The third kappa shape index (κ3) is 2.32. The van der Waals surface area contributed by atoms with Crippen LogP contribution in [0, 0.1) is 4.77 Å². The average molecular weight is 307 g/mol. The molecule has 1 saturated carbocycles. The SMILES string of the molecule is CC1CN2CCCC2CN1c1n[nH]c(=S)n1C1CCCC1. The summed E-state index contributed by atoms with van der Waals surface area (Å²) in [6.45, 7) is 5.87. The Morgan fingerprint density at radius 2 is 1.86 bits per heavy atom. The van der Waals surface area contributed by atoms with Crippen LogP contribution >= 0.6 is 12.2 Å². The van der Waals surface area contributed by atoms with Crippen LogP contribution in [0.5, 0.6) is 0 Å². The number of piperazine rings is 1. The minimum Gasteiger partial charge on any atom is -0.335 e. The second-order valence-electron chi connectivity index (χ2n) is 6.93. The highest BCUT2D eigenvalue weighted by atomic mass is 32.1. The first kappa shape index (κ1) is 13.8. The van der Waals surface area contributed by atoms with Gasteiger partial charge in [-0.3, -0.25) is 9.47 Å². The molecule has 1 aliphatic carbocycles. The molecule has 3 heterocycles. The van der Waals surface area contributed by atoms with Gasteiger partial charge in [0.15, 0.2) is 4.77 Å². The number of nitrogens with zero attached hydrogens (tertiary/aromatic N) is 4. The normalized spacial score (nSPS) is 31.0. The van der Waals surface area contributed by atoms with Crippen LogP contribution in [0.2, 0.25) is 0 Å². The summed E-state index contributed by atoms with van der Waals surface area (Å²) in [7, 11) is 0. The Labute approximate surface area is 131 Å². The molecule has 5 nitrogen and oxygen atoms in total. The van der Waals surface area contributed by atoms with Crippen molar-refractivity contribution in [3.8, 4) is 0 Å². The van der Waals surface area contributed by atoms with Crippen LogP contribution in [0.25, 0.3) is 0 Å². The fourth-order valence-electron chi connectivity index (χ4n) is 4.46. The first-order valence-corrected chi connectivity index (χ1v) is 8.82. The molecular weight excluding hydrogens is 282 g/mol. The minimum absolute atomic E-state index is 0.518. The smallest absolute Gasteiger partial charge is 0.226 e. The molecule has 1 aromatic rings. The third-order valence-electron chi connectivity index (χ3n) is 5.57. The highest BCUT2D eigenvalue weighted by Gasteiger charge is 2.37. The zero-order valence-corrected chi connectivity index (χ0v) is 13.6. The van der Waals surface area contributed by atoms with E-state index in [1.807, 2.05) is 0 Å². The maximum Gasteiger partial charge on any atom is 0.226 e. The summed E-state index contributed by atoms with van der Waals surface area (Å²) < 4.78 is 3.11. The van der Waals surface area contributed by atoms with Crippen LogP contribution < -0.4 is 4.90 Å². The van der Waals surface area contributed by atoms with Crippen molar-refractivity contribution in [1.29, 1.82) is 0 Å². The number of fused-ring (bicyclic) bond motifs is 1. The average Bonchev–Trinajstić information content (AvgIpc) is 3.16. The quantitative estimate of drug-likeness (QED) is 0.853. The van der Waals surface area contributed by atoms with Crippen LogP contribution in [0.1, 0.15) is 51.5 Å². The summed E-state index contributed by atoms with van der Waals surface area (Å²) in [4.78, 5) is 5.15. The second-order valence-corrected chi connectivity index (χ2v) is 7.32. The molecular formula is C15H25N5S. The Bertz CT molecular complexity index is 559. The molecule has 2 atom stereocenters. The molecule has 4 rings (SSSR count). The van der Waals surface area contributed by atoms with Crippen molar-refractivity contribution in [1.82, 2.24) is 19.7 Å². The van der Waals surface area contributed by atoms with E-state index in [1.54, 1.807) is 0 Å². The van der Waals surface area contributed by atoms with Crippen molar-refractivity contribution in [2.45, 2.75) is 63.6 Å². The Balaban J connectivity index is 1.65. The first-order valence-electron chi connectivity index (χ1n) is 8.41. The lowest BCUT2D eigenvalue weighted by molar-refractivity contribution is 0.200. The monoisotopic (exact) mass is 307 g/mol. The van der Waals surface area contributed by atoms with Gasteiger partial charge in [0.2, 0.25) is 5.95 Å². The topological polar surface area (TPSA) is 40.1 Å². The number of hydrogen-bond donors (Lipinski definition) is 1. The molecule has 1 aromatic heterocycles. The lowest BCUT2D eigenvalue weighted by Crippen LogP contribution is -2.55. The van der Waals surface area contributed by atoms with Gasteiger partial charge in [0, 0.05) is 31.2 Å². The molecule has 0 spiro atoms. The number of hydrogen-bond acceptors (Lipinski definition) is 4. The zero-order valence-electron chi connectivity index (χ0n) is 12.8. The Morgan fingerprint density at radius 3 is 2.67 bits per heavy atom. The number of anilines is 1. The molecule has 0 radical (unpaired) electrons. The van der Waals surface area contributed by atoms with E-state index < -0.39 is 0 Å². The lowest BCUT2D eigenvalue weighted by atomic mass is 10.1. The van der Waals surface area contributed by atoms with E-state index in [4.69, 9.17) is 12.2 Å². The Kier molecular flexibility index (Phi) is 3.53. The molecule has 2 unspecified atom stereocenters. The Hall–Kier alpha value is -0.880. The van der Waals surface area contributed by atoms with Crippen LogP contribution in [0.4, 0.5) is 5.95 Å². The zero-order chi connectivity index (χ0) is 14.4. The van der Waals surface area contributed by atoms with Crippen LogP contribution in [0.15, 0.2) is 0 Å². The lowest BCUT2D eigenvalue weighted by Gasteiger charge is -2.43. The fourth-order valence-corrected chi connectivity index (χ4v) is 4.73. The van der Waals surface area contributed by atoms with E-state index in [0.717, 1.165) is 23.8 Å². The number of aromatic nitrogens is 3.